The molecule has 104 valence electrons. The maximum Gasteiger partial charge on any atom is 0.277 e. The van der Waals surface area contributed by atoms with E-state index in [4.69, 9.17) is 11.6 Å². The smallest absolute Gasteiger partial charge is 0.277 e. The summed E-state index contributed by atoms with van der Waals surface area (Å²) in [5, 5.41) is 33.3. The summed E-state index contributed by atoms with van der Waals surface area (Å²) >= 11 is 5.68. The van der Waals surface area contributed by atoms with Crippen LogP contribution in [0.4, 0.5) is 11.5 Å². The van der Waals surface area contributed by atoms with Crippen LogP contribution in [0.5, 0.6) is 5.75 Å². The minimum Gasteiger partial charge on any atom is -0.508 e. The third-order valence-corrected chi connectivity index (χ3v) is 2.74. The molecule has 0 spiro atoms. The van der Waals surface area contributed by atoms with Gasteiger partial charge in [-0.1, -0.05) is 11.6 Å². The maximum atomic E-state index is 10.9. The largest absolute Gasteiger partial charge is 0.508 e. The molecule has 3 N–H and O–H groups in total. The lowest BCUT2D eigenvalue weighted by Crippen LogP contribution is -2.12. The number of rotatable bonds is 4. The van der Waals surface area contributed by atoms with Crippen LogP contribution in [0, 0.1) is 10.1 Å². The maximum absolute atomic E-state index is 10.9. The van der Waals surface area contributed by atoms with Crippen LogP contribution in [0.25, 0.3) is 0 Å². The number of hydrogen-bond donors (Lipinski definition) is 3. The van der Waals surface area contributed by atoms with Crippen molar-refractivity contribution in [1.29, 1.82) is 0 Å². The Morgan fingerprint density at radius 2 is 2.10 bits per heavy atom. The zero-order chi connectivity index (χ0) is 14.7. The van der Waals surface area contributed by atoms with Crippen molar-refractivity contribution in [3.05, 3.63) is 57.2 Å². The van der Waals surface area contributed by atoms with Crippen molar-refractivity contribution < 1.29 is 15.1 Å². The molecular formula is C12H10ClN3O4. The lowest BCUT2D eigenvalue weighted by Gasteiger charge is -2.14. The highest BCUT2D eigenvalue weighted by Gasteiger charge is 2.21. The number of phenolic OH excluding ortho intramolecular Hbond substituents is 1. The molecule has 1 atom stereocenters. The number of hydrogen-bond acceptors (Lipinski definition) is 6. The van der Waals surface area contributed by atoms with Crippen LogP contribution in [0.3, 0.4) is 0 Å². The van der Waals surface area contributed by atoms with Crippen molar-refractivity contribution in [1.82, 2.24) is 4.98 Å². The summed E-state index contributed by atoms with van der Waals surface area (Å²) in [6.45, 7) is 0. The Kier molecular flexibility index (Phi) is 4.02. The first-order valence-electron chi connectivity index (χ1n) is 5.51. The molecule has 1 unspecified atom stereocenters. The van der Waals surface area contributed by atoms with Crippen LogP contribution >= 0.6 is 11.6 Å². The Labute approximate surface area is 118 Å². The van der Waals surface area contributed by atoms with Crippen LogP contribution in [0.2, 0.25) is 5.02 Å². The minimum atomic E-state index is -1.39. The van der Waals surface area contributed by atoms with Gasteiger partial charge in [0.1, 0.15) is 11.6 Å². The molecule has 0 saturated carbocycles. The molecule has 7 nitrogen and oxygen atoms in total. The predicted octanol–water partition coefficient (Wildman–Crippen LogP) is 2.45. The van der Waals surface area contributed by atoms with Gasteiger partial charge in [-0.15, -0.1) is 0 Å². The van der Waals surface area contributed by atoms with Gasteiger partial charge < -0.3 is 15.5 Å². The van der Waals surface area contributed by atoms with E-state index in [1.165, 1.54) is 18.3 Å². The van der Waals surface area contributed by atoms with Gasteiger partial charge in [-0.3, -0.25) is 10.1 Å². The SMILES string of the molecule is O=[N+]([O-])c1ccc(O)cc1C(O)Nc1ccc(Cl)cn1. The Morgan fingerprint density at radius 3 is 2.70 bits per heavy atom. The Hall–Kier alpha value is -2.38. The van der Waals surface area contributed by atoms with E-state index in [1.807, 2.05) is 0 Å². The fraction of sp³-hybridized carbons (Fsp3) is 0.0833. The topological polar surface area (TPSA) is 109 Å². The van der Waals surface area contributed by atoms with Crippen LogP contribution in [-0.2, 0) is 0 Å². The van der Waals surface area contributed by atoms with Gasteiger partial charge in [-0.25, -0.2) is 4.98 Å². The number of halogens is 1. The molecular weight excluding hydrogens is 286 g/mol. The van der Waals surface area contributed by atoms with Crippen LogP contribution in [0.15, 0.2) is 36.5 Å². The monoisotopic (exact) mass is 295 g/mol. The van der Waals surface area contributed by atoms with Gasteiger partial charge in [-0.2, -0.15) is 0 Å². The second-order valence-corrected chi connectivity index (χ2v) is 4.35. The van der Waals surface area contributed by atoms with Crippen molar-refractivity contribution in [2.45, 2.75) is 6.23 Å². The summed E-state index contributed by atoms with van der Waals surface area (Å²) in [5.41, 5.74) is -0.372. The van der Waals surface area contributed by atoms with Crippen molar-refractivity contribution in [2.75, 3.05) is 5.32 Å². The Morgan fingerprint density at radius 1 is 1.35 bits per heavy atom. The zero-order valence-corrected chi connectivity index (χ0v) is 10.8. The number of phenols is 1. The molecule has 20 heavy (non-hydrogen) atoms. The molecule has 0 aliphatic carbocycles. The number of nitrogens with zero attached hydrogens (tertiary/aromatic N) is 2. The molecule has 0 amide bonds. The molecule has 2 rings (SSSR count). The molecule has 8 heteroatoms. The summed E-state index contributed by atoms with van der Waals surface area (Å²) in [6.07, 6.45) is -0.0239. The highest BCUT2D eigenvalue weighted by Crippen LogP contribution is 2.29. The number of benzene rings is 1. The minimum absolute atomic E-state index is 0.0632. The third kappa shape index (κ3) is 3.14. The van der Waals surface area contributed by atoms with Crippen LogP contribution in [-0.4, -0.2) is 20.1 Å². The van der Waals surface area contributed by atoms with Crippen molar-refractivity contribution in [3.8, 4) is 5.75 Å². The number of aliphatic hydroxyl groups excluding tert-OH is 1. The number of nitrogens with one attached hydrogen (secondary N) is 1. The predicted molar refractivity (Wildman–Crippen MR) is 72.6 cm³/mol. The number of pyridine rings is 1. The van der Waals surface area contributed by atoms with E-state index < -0.39 is 11.2 Å². The number of aromatic hydroxyl groups is 1. The van der Waals surface area contributed by atoms with Crippen molar-refractivity contribution in [3.63, 3.8) is 0 Å². The number of aromatic nitrogens is 1. The van der Waals surface area contributed by atoms with Gasteiger partial charge in [0, 0.05) is 12.3 Å². The van der Waals surface area contributed by atoms with Crippen LogP contribution < -0.4 is 5.32 Å². The van der Waals surface area contributed by atoms with Crippen LogP contribution in [0.1, 0.15) is 11.8 Å². The first kappa shape index (κ1) is 14.0. The standard InChI is InChI=1S/C12H10ClN3O4/c13-7-1-4-11(14-6-7)15-12(18)9-5-8(17)2-3-10(9)16(19)20/h1-6,12,17-18H,(H,14,15). The summed E-state index contributed by atoms with van der Waals surface area (Å²) in [4.78, 5) is 14.1. The average molecular weight is 296 g/mol. The number of aliphatic hydroxyl groups is 1. The second kappa shape index (κ2) is 5.72. The second-order valence-electron chi connectivity index (χ2n) is 3.91. The van der Waals surface area contributed by atoms with Crippen molar-refractivity contribution in [2.24, 2.45) is 0 Å². The van der Waals surface area contributed by atoms with E-state index in [0.717, 1.165) is 12.1 Å². The van der Waals surface area contributed by atoms with Crippen molar-refractivity contribution >= 4 is 23.1 Å². The Balaban J connectivity index is 2.28. The first-order valence-corrected chi connectivity index (χ1v) is 5.88. The van der Waals surface area contributed by atoms with Gasteiger partial charge in [0.05, 0.1) is 15.5 Å². The summed E-state index contributed by atoms with van der Waals surface area (Å²) in [7, 11) is 0. The van der Waals surface area contributed by atoms with Gasteiger partial charge in [0.2, 0.25) is 0 Å². The van der Waals surface area contributed by atoms with E-state index in [0.29, 0.717) is 10.8 Å². The normalized spacial score (nSPS) is 11.9. The summed E-state index contributed by atoms with van der Waals surface area (Å²) in [6, 6.07) is 6.48. The molecule has 1 heterocycles. The fourth-order valence-electron chi connectivity index (χ4n) is 1.61. The summed E-state index contributed by atoms with van der Waals surface area (Å²) in [5.74, 6) is 0.107. The van der Waals surface area contributed by atoms with E-state index in [9.17, 15) is 20.3 Å². The Bertz CT molecular complexity index is 633. The third-order valence-electron chi connectivity index (χ3n) is 2.51. The zero-order valence-electron chi connectivity index (χ0n) is 10.0. The molecule has 0 radical (unpaired) electrons. The molecule has 0 fully saturated rings. The molecule has 0 aliphatic rings. The molecule has 1 aromatic carbocycles. The van der Waals surface area contributed by atoms with E-state index in [1.54, 1.807) is 6.07 Å². The lowest BCUT2D eigenvalue weighted by molar-refractivity contribution is -0.386. The van der Waals surface area contributed by atoms with E-state index in [-0.39, 0.29) is 17.0 Å². The molecule has 2 aromatic rings. The highest BCUT2D eigenvalue weighted by molar-refractivity contribution is 6.30. The number of nitro benzene ring substituents is 1. The number of anilines is 1. The average Bonchev–Trinajstić information content (AvgIpc) is 2.41. The van der Waals surface area contributed by atoms with Gasteiger partial charge in [-0.05, 0) is 24.3 Å². The van der Waals surface area contributed by atoms with Gasteiger partial charge >= 0.3 is 0 Å². The molecule has 0 bridgehead atoms. The van der Waals surface area contributed by atoms with E-state index >= 15 is 0 Å². The van der Waals surface area contributed by atoms with E-state index in [2.05, 4.69) is 10.3 Å². The van der Waals surface area contributed by atoms with Gasteiger partial charge in [0.25, 0.3) is 5.69 Å². The fourth-order valence-corrected chi connectivity index (χ4v) is 1.72. The summed E-state index contributed by atoms with van der Waals surface area (Å²) < 4.78 is 0. The van der Waals surface area contributed by atoms with Gasteiger partial charge in [0.15, 0.2) is 6.23 Å². The quantitative estimate of drug-likeness (QED) is 0.454. The molecule has 1 aromatic heterocycles. The molecule has 0 aliphatic heterocycles. The first-order chi connectivity index (χ1) is 9.47. The highest BCUT2D eigenvalue weighted by atomic mass is 35.5. The number of nitro groups is 1. The molecule has 0 saturated heterocycles. The lowest BCUT2D eigenvalue weighted by atomic mass is 10.1.